The Morgan fingerprint density at radius 2 is 1.55 bits per heavy atom. The lowest BCUT2D eigenvalue weighted by Crippen LogP contribution is -2.01. The van der Waals surface area contributed by atoms with Gasteiger partial charge in [-0.3, -0.25) is 4.99 Å². The zero-order chi connectivity index (χ0) is 16.3. The Labute approximate surface area is 130 Å². The fourth-order valence-corrected chi connectivity index (χ4v) is 2.23. The molecule has 0 fully saturated rings. The smallest absolute Gasteiger partial charge is 0.135 e. The first-order valence-corrected chi connectivity index (χ1v) is 7.14. The van der Waals surface area contributed by atoms with E-state index in [-0.39, 0.29) is 11.6 Å². The summed E-state index contributed by atoms with van der Waals surface area (Å²) in [5.41, 5.74) is 4.35. The number of nitrogens with zero attached hydrogens (tertiary/aromatic N) is 1. The molecule has 0 unspecified atom stereocenters. The summed E-state index contributed by atoms with van der Waals surface area (Å²) < 4.78 is 27.1. The second-order valence-electron chi connectivity index (χ2n) is 5.35. The van der Waals surface area contributed by atoms with Gasteiger partial charge in [0.2, 0.25) is 0 Å². The molecule has 2 aromatic rings. The lowest BCUT2D eigenvalue weighted by Gasteiger charge is -2.08. The van der Waals surface area contributed by atoms with Crippen LogP contribution in [0.1, 0.15) is 37.5 Å². The van der Waals surface area contributed by atoms with Crippen LogP contribution in [0.5, 0.6) is 0 Å². The third-order valence-electron chi connectivity index (χ3n) is 3.74. The van der Waals surface area contributed by atoms with Gasteiger partial charge in [-0.05, 0) is 56.5 Å². The number of benzene rings is 2. The van der Waals surface area contributed by atoms with Crippen LogP contribution < -0.4 is 0 Å². The van der Waals surface area contributed by atoms with Crippen LogP contribution in [0.25, 0.3) is 5.57 Å². The van der Waals surface area contributed by atoms with Crippen LogP contribution in [0.4, 0.5) is 8.78 Å². The molecule has 0 amide bonds. The molecule has 114 valence electrons. The second-order valence-corrected chi connectivity index (χ2v) is 5.35. The highest BCUT2D eigenvalue weighted by Crippen LogP contribution is 2.21. The number of aryl methyl sites for hydroxylation is 1. The molecule has 0 saturated carbocycles. The summed E-state index contributed by atoms with van der Waals surface area (Å²) in [4.78, 5) is 4.51. The van der Waals surface area contributed by atoms with Gasteiger partial charge in [0.1, 0.15) is 11.6 Å². The van der Waals surface area contributed by atoms with Gasteiger partial charge in [-0.1, -0.05) is 30.3 Å². The first-order valence-electron chi connectivity index (χ1n) is 7.14. The standard InChI is InChI=1S/C19H19F2N/c1-12-6-5-7-18(19(12)21)15(4)22-14(3)13(2)16-8-10-17(20)11-9-16/h5-11H,1-4H3/b14-13+,22-15?. The zero-order valence-corrected chi connectivity index (χ0v) is 13.2. The van der Waals surface area contributed by atoms with Crippen LogP contribution in [-0.4, -0.2) is 5.71 Å². The fraction of sp³-hybridized carbons (Fsp3) is 0.211. The lowest BCUT2D eigenvalue weighted by molar-refractivity contribution is 0.616. The molecule has 1 nitrogen and oxygen atoms in total. The van der Waals surface area contributed by atoms with Gasteiger partial charge in [-0.15, -0.1) is 0 Å². The quantitative estimate of drug-likeness (QED) is 0.660. The summed E-state index contributed by atoms with van der Waals surface area (Å²) in [5, 5.41) is 0. The van der Waals surface area contributed by atoms with Crippen molar-refractivity contribution < 1.29 is 8.78 Å². The second kappa shape index (κ2) is 6.65. The van der Waals surface area contributed by atoms with E-state index in [2.05, 4.69) is 4.99 Å². The number of allylic oxidation sites excluding steroid dienone is 2. The van der Waals surface area contributed by atoms with Crippen LogP contribution >= 0.6 is 0 Å². The molecule has 2 rings (SSSR count). The molecule has 0 atom stereocenters. The van der Waals surface area contributed by atoms with E-state index in [1.54, 1.807) is 38.1 Å². The van der Waals surface area contributed by atoms with E-state index in [1.165, 1.54) is 12.1 Å². The van der Waals surface area contributed by atoms with E-state index < -0.39 is 0 Å². The van der Waals surface area contributed by atoms with E-state index in [1.807, 2.05) is 19.9 Å². The minimum atomic E-state index is -0.268. The molecule has 0 aliphatic carbocycles. The largest absolute Gasteiger partial charge is 0.257 e. The van der Waals surface area contributed by atoms with E-state index in [0.29, 0.717) is 16.8 Å². The molecule has 3 heteroatoms. The number of halogens is 2. The number of hydrogen-bond acceptors (Lipinski definition) is 1. The molecular weight excluding hydrogens is 280 g/mol. The maximum absolute atomic E-state index is 14.1. The number of hydrogen-bond donors (Lipinski definition) is 0. The predicted molar refractivity (Wildman–Crippen MR) is 88.0 cm³/mol. The summed E-state index contributed by atoms with van der Waals surface area (Å²) in [5.74, 6) is -0.508. The minimum Gasteiger partial charge on any atom is -0.257 e. The molecule has 0 aromatic heterocycles. The summed E-state index contributed by atoms with van der Waals surface area (Å²) >= 11 is 0. The third kappa shape index (κ3) is 3.48. The maximum atomic E-state index is 14.1. The van der Waals surface area contributed by atoms with Crippen molar-refractivity contribution in [3.05, 3.63) is 76.5 Å². The molecule has 0 bridgehead atoms. The highest BCUT2D eigenvalue weighted by molar-refractivity contribution is 6.00. The molecule has 0 spiro atoms. The molecule has 0 heterocycles. The van der Waals surface area contributed by atoms with Crippen LogP contribution in [0.2, 0.25) is 0 Å². The van der Waals surface area contributed by atoms with Crippen molar-refractivity contribution in [3.63, 3.8) is 0 Å². The van der Waals surface area contributed by atoms with Crippen molar-refractivity contribution in [3.8, 4) is 0 Å². The average molecular weight is 299 g/mol. The Morgan fingerprint density at radius 3 is 2.18 bits per heavy atom. The van der Waals surface area contributed by atoms with Crippen molar-refractivity contribution >= 4 is 11.3 Å². The average Bonchev–Trinajstić information content (AvgIpc) is 2.50. The molecule has 0 saturated heterocycles. The van der Waals surface area contributed by atoms with Gasteiger partial charge in [-0.25, -0.2) is 8.78 Å². The summed E-state index contributed by atoms with van der Waals surface area (Å²) in [6.45, 7) is 7.32. The molecule has 0 aliphatic heterocycles. The Kier molecular flexibility index (Phi) is 4.86. The highest BCUT2D eigenvalue weighted by Gasteiger charge is 2.08. The van der Waals surface area contributed by atoms with Crippen LogP contribution in [0.15, 0.2) is 53.2 Å². The van der Waals surface area contributed by atoms with E-state index in [9.17, 15) is 8.78 Å². The third-order valence-corrected chi connectivity index (χ3v) is 3.74. The lowest BCUT2D eigenvalue weighted by atomic mass is 10.0. The van der Waals surface area contributed by atoms with Crippen molar-refractivity contribution in [1.82, 2.24) is 0 Å². The minimum absolute atomic E-state index is 0.240. The van der Waals surface area contributed by atoms with Crippen molar-refractivity contribution in [2.75, 3.05) is 0 Å². The molecule has 22 heavy (non-hydrogen) atoms. The van der Waals surface area contributed by atoms with Gasteiger partial charge >= 0.3 is 0 Å². The highest BCUT2D eigenvalue weighted by atomic mass is 19.1. The van der Waals surface area contributed by atoms with E-state index in [0.717, 1.165) is 16.8 Å². The topological polar surface area (TPSA) is 12.4 Å². The van der Waals surface area contributed by atoms with Gasteiger partial charge in [0.25, 0.3) is 0 Å². The first-order chi connectivity index (χ1) is 10.4. The Balaban J connectivity index is 2.40. The van der Waals surface area contributed by atoms with E-state index >= 15 is 0 Å². The fourth-order valence-electron chi connectivity index (χ4n) is 2.23. The van der Waals surface area contributed by atoms with Gasteiger partial charge in [-0.2, -0.15) is 0 Å². The molecule has 2 aromatic carbocycles. The Bertz CT molecular complexity index is 741. The van der Waals surface area contributed by atoms with Gasteiger partial charge in [0.05, 0.1) is 0 Å². The SMILES string of the molecule is CC(=N/C(C)=C(\C)c1ccc(F)cc1)c1cccc(C)c1F. The van der Waals surface area contributed by atoms with Crippen molar-refractivity contribution in [1.29, 1.82) is 0 Å². The number of aliphatic imine (C=N–C) groups is 1. The number of rotatable bonds is 3. The van der Waals surface area contributed by atoms with Crippen molar-refractivity contribution in [2.45, 2.75) is 27.7 Å². The van der Waals surface area contributed by atoms with Crippen LogP contribution in [0, 0.1) is 18.6 Å². The monoisotopic (exact) mass is 299 g/mol. The van der Waals surface area contributed by atoms with Gasteiger partial charge in [0.15, 0.2) is 0 Å². The zero-order valence-electron chi connectivity index (χ0n) is 13.2. The Hall–Kier alpha value is -2.29. The first kappa shape index (κ1) is 16.1. The Morgan fingerprint density at radius 1 is 0.909 bits per heavy atom. The molecule has 0 N–H and O–H groups in total. The molecule has 0 radical (unpaired) electrons. The van der Waals surface area contributed by atoms with Crippen LogP contribution in [-0.2, 0) is 0 Å². The predicted octanol–water partition coefficient (Wildman–Crippen LogP) is 5.53. The summed E-state index contributed by atoms with van der Waals surface area (Å²) in [6, 6.07) is 11.5. The molecule has 0 aliphatic rings. The van der Waals surface area contributed by atoms with Crippen LogP contribution in [0.3, 0.4) is 0 Å². The normalized spacial score (nSPS) is 13.1. The molecular formula is C19H19F2N. The van der Waals surface area contributed by atoms with E-state index in [4.69, 9.17) is 0 Å². The summed E-state index contributed by atoms with van der Waals surface area (Å²) in [7, 11) is 0. The van der Waals surface area contributed by atoms with Gasteiger partial charge in [0, 0.05) is 17.0 Å². The van der Waals surface area contributed by atoms with Gasteiger partial charge < -0.3 is 0 Å². The summed E-state index contributed by atoms with van der Waals surface area (Å²) in [6.07, 6.45) is 0. The maximum Gasteiger partial charge on any atom is 0.135 e. The van der Waals surface area contributed by atoms with Crippen molar-refractivity contribution in [2.24, 2.45) is 4.99 Å².